The van der Waals surface area contributed by atoms with Crippen LogP contribution in [0.15, 0.2) is 10.6 Å². The molecule has 1 aliphatic rings. The summed E-state index contributed by atoms with van der Waals surface area (Å²) in [7, 11) is 1.90. The maximum Gasteiger partial charge on any atom is 0.197 e. The van der Waals surface area contributed by atoms with Gasteiger partial charge >= 0.3 is 0 Å². The lowest BCUT2D eigenvalue weighted by Gasteiger charge is -2.20. The van der Waals surface area contributed by atoms with Crippen molar-refractivity contribution in [2.45, 2.75) is 38.3 Å². The highest BCUT2D eigenvalue weighted by Gasteiger charge is 2.16. The molecule has 1 unspecified atom stereocenters. The summed E-state index contributed by atoms with van der Waals surface area (Å²) in [5, 5.41) is 3.04. The van der Waals surface area contributed by atoms with Crippen molar-refractivity contribution < 1.29 is 9.15 Å². The monoisotopic (exact) mass is 210 g/mol. The van der Waals surface area contributed by atoms with Gasteiger partial charge in [0.1, 0.15) is 5.76 Å². The second kappa shape index (κ2) is 5.28. The van der Waals surface area contributed by atoms with Crippen molar-refractivity contribution >= 4 is 0 Å². The first-order valence-corrected chi connectivity index (χ1v) is 5.58. The molecule has 1 N–H and O–H groups in total. The Bertz CT molecular complexity index is 293. The Morgan fingerprint density at radius 1 is 1.53 bits per heavy atom. The van der Waals surface area contributed by atoms with Gasteiger partial charge < -0.3 is 14.5 Å². The summed E-state index contributed by atoms with van der Waals surface area (Å²) in [5.41, 5.74) is 0. The lowest BCUT2D eigenvalue weighted by Crippen LogP contribution is -2.21. The first-order chi connectivity index (χ1) is 7.38. The van der Waals surface area contributed by atoms with E-state index in [4.69, 9.17) is 9.15 Å². The van der Waals surface area contributed by atoms with Crippen molar-refractivity contribution in [3.05, 3.63) is 17.8 Å². The smallest absolute Gasteiger partial charge is 0.197 e. The van der Waals surface area contributed by atoms with Gasteiger partial charge in [0, 0.05) is 6.61 Å². The number of hydrogen-bond donors (Lipinski definition) is 1. The molecule has 2 heterocycles. The van der Waals surface area contributed by atoms with Crippen LogP contribution >= 0.6 is 0 Å². The van der Waals surface area contributed by atoms with E-state index in [1.807, 2.05) is 7.05 Å². The Balaban J connectivity index is 1.86. The van der Waals surface area contributed by atoms with Crippen LogP contribution in [0.1, 0.15) is 30.9 Å². The summed E-state index contributed by atoms with van der Waals surface area (Å²) >= 11 is 0. The number of rotatable bonds is 4. The highest BCUT2D eigenvalue weighted by molar-refractivity contribution is 4.95. The number of hydrogen-bond acceptors (Lipinski definition) is 4. The standard InChI is InChI=1S/C11H18N2O2/c1-12-7-10-8-13-11(15-10)6-9-4-2-3-5-14-9/h8-9,12H,2-7H2,1H3. The van der Waals surface area contributed by atoms with Crippen molar-refractivity contribution in [1.29, 1.82) is 0 Å². The Kier molecular flexibility index (Phi) is 3.75. The molecule has 0 bridgehead atoms. The predicted octanol–water partition coefficient (Wildman–Crippen LogP) is 1.51. The van der Waals surface area contributed by atoms with Crippen molar-refractivity contribution in [2.75, 3.05) is 13.7 Å². The quantitative estimate of drug-likeness (QED) is 0.818. The van der Waals surface area contributed by atoms with Crippen molar-refractivity contribution in [1.82, 2.24) is 10.3 Å². The lowest BCUT2D eigenvalue weighted by molar-refractivity contribution is 0.0130. The van der Waals surface area contributed by atoms with Crippen molar-refractivity contribution in [2.24, 2.45) is 0 Å². The van der Waals surface area contributed by atoms with Gasteiger partial charge in [0.2, 0.25) is 0 Å². The summed E-state index contributed by atoms with van der Waals surface area (Å²) in [6, 6.07) is 0. The molecular weight excluding hydrogens is 192 g/mol. The fourth-order valence-corrected chi connectivity index (χ4v) is 1.86. The van der Waals surface area contributed by atoms with E-state index in [9.17, 15) is 0 Å². The number of nitrogens with one attached hydrogen (secondary N) is 1. The van der Waals surface area contributed by atoms with E-state index in [1.54, 1.807) is 6.20 Å². The van der Waals surface area contributed by atoms with Gasteiger partial charge in [0.15, 0.2) is 5.89 Å². The highest BCUT2D eigenvalue weighted by Crippen LogP contribution is 2.17. The molecule has 4 nitrogen and oxygen atoms in total. The topological polar surface area (TPSA) is 47.3 Å². The second-order valence-electron chi connectivity index (χ2n) is 3.94. The average molecular weight is 210 g/mol. The molecule has 1 fully saturated rings. The Labute approximate surface area is 90.0 Å². The SMILES string of the molecule is CNCc1cnc(CC2CCCCO2)o1. The fraction of sp³-hybridized carbons (Fsp3) is 0.727. The van der Waals surface area contributed by atoms with Crippen LogP contribution in [0.25, 0.3) is 0 Å². The molecule has 84 valence electrons. The molecule has 1 atom stereocenters. The van der Waals surface area contributed by atoms with Gasteiger partial charge in [-0.3, -0.25) is 0 Å². The van der Waals surface area contributed by atoms with E-state index >= 15 is 0 Å². The van der Waals surface area contributed by atoms with Crippen LogP contribution in [0.5, 0.6) is 0 Å². The molecule has 1 saturated heterocycles. The molecule has 0 saturated carbocycles. The molecule has 1 aliphatic heterocycles. The first kappa shape index (κ1) is 10.6. The number of oxazole rings is 1. The van der Waals surface area contributed by atoms with E-state index in [0.29, 0.717) is 6.10 Å². The predicted molar refractivity (Wildman–Crippen MR) is 56.6 cm³/mol. The van der Waals surface area contributed by atoms with E-state index in [2.05, 4.69) is 10.3 Å². The number of aromatic nitrogens is 1. The van der Waals surface area contributed by atoms with Crippen LogP contribution in [0, 0.1) is 0 Å². The summed E-state index contributed by atoms with van der Waals surface area (Å²) in [6.45, 7) is 1.62. The minimum absolute atomic E-state index is 0.305. The molecule has 0 aliphatic carbocycles. The Morgan fingerprint density at radius 2 is 2.47 bits per heavy atom. The molecular formula is C11H18N2O2. The van der Waals surface area contributed by atoms with Crippen LogP contribution in [0.2, 0.25) is 0 Å². The molecule has 0 amide bonds. The summed E-state index contributed by atoms with van der Waals surface area (Å²) in [5.74, 6) is 1.69. The van der Waals surface area contributed by atoms with Crippen LogP contribution in [-0.2, 0) is 17.7 Å². The molecule has 0 radical (unpaired) electrons. The lowest BCUT2D eigenvalue weighted by atomic mass is 10.1. The van der Waals surface area contributed by atoms with Gasteiger partial charge in [-0.15, -0.1) is 0 Å². The molecule has 2 rings (SSSR count). The van der Waals surface area contributed by atoms with Gasteiger partial charge in [-0.25, -0.2) is 4.98 Å². The van der Waals surface area contributed by atoms with Crippen LogP contribution in [0.3, 0.4) is 0 Å². The molecule has 15 heavy (non-hydrogen) atoms. The zero-order chi connectivity index (χ0) is 10.5. The van der Waals surface area contributed by atoms with Crippen LogP contribution < -0.4 is 5.32 Å². The number of ether oxygens (including phenoxy) is 1. The van der Waals surface area contributed by atoms with Crippen molar-refractivity contribution in [3.8, 4) is 0 Å². The summed E-state index contributed by atoms with van der Waals surface area (Å²) in [4.78, 5) is 4.24. The fourth-order valence-electron chi connectivity index (χ4n) is 1.86. The van der Waals surface area contributed by atoms with Gasteiger partial charge in [0.25, 0.3) is 0 Å². The molecule has 1 aromatic rings. The molecule has 1 aromatic heterocycles. The average Bonchev–Trinajstić information content (AvgIpc) is 2.68. The van der Waals surface area contributed by atoms with E-state index in [0.717, 1.165) is 37.6 Å². The van der Waals surface area contributed by atoms with Gasteiger partial charge in [0.05, 0.1) is 25.3 Å². The largest absolute Gasteiger partial charge is 0.444 e. The van der Waals surface area contributed by atoms with Crippen LogP contribution in [0.4, 0.5) is 0 Å². The number of nitrogens with zero attached hydrogens (tertiary/aromatic N) is 1. The molecule has 4 heteroatoms. The minimum atomic E-state index is 0.305. The third-order valence-corrected chi connectivity index (χ3v) is 2.63. The Hall–Kier alpha value is -0.870. The first-order valence-electron chi connectivity index (χ1n) is 5.58. The van der Waals surface area contributed by atoms with Crippen molar-refractivity contribution in [3.63, 3.8) is 0 Å². The van der Waals surface area contributed by atoms with E-state index in [1.165, 1.54) is 12.8 Å². The maximum atomic E-state index is 5.64. The van der Waals surface area contributed by atoms with E-state index in [-0.39, 0.29) is 0 Å². The van der Waals surface area contributed by atoms with Gasteiger partial charge in [-0.1, -0.05) is 0 Å². The highest BCUT2D eigenvalue weighted by atomic mass is 16.5. The molecule has 0 spiro atoms. The third-order valence-electron chi connectivity index (χ3n) is 2.63. The normalized spacial score (nSPS) is 21.8. The Morgan fingerprint density at radius 3 is 3.20 bits per heavy atom. The second-order valence-corrected chi connectivity index (χ2v) is 3.94. The van der Waals surface area contributed by atoms with Crippen LogP contribution in [-0.4, -0.2) is 24.7 Å². The van der Waals surface area contributed by atoms with Gasteiger partial charge in [-0.05, 0) is 26.3 Å². The summed E-state index contributed by atoms with van der Waals surface area (Å²) in [6.07, 6.45) is 6.48. The third kappa shape index (κ3) is 3.04. The summed E-state index contributed by atoms with van der Waals surface area (Å²) < 4.78 is 11.2. The molecule has 0 aromatic carbocycles. The van der Waals surface area contributed by atoms with Gasteiger partial charge in [-0.2, -0.15) is 0 Å². The minimum Gasteiger partial charge on any atom is -0.444 e. The van der Waals surface area contributed by atoms with E-state index < -0.39 is 0 Å². The zero-order valence-electron chi connectivity index (χ0n) is 9.16. The zero-order valence-corrected chi connectivity index (χ0v) is 9.16. The maximum absolute atomic E-state index is 5.64.